The predicted molar refractivity (Wildman–Crippen MR) is 163 cm³/mol. The molecule has 2 aliphatic rings. The first-order valence-corrected chi connectivity index (χ1v) is 15.1. The van der Waals surface area contributed by atoms with Crippen LogP contribution >= 0.6 is 0 Å². The monoisotopic (exact) mass is 637 g/mol. The summed E-state index contributed by atoms with van der Waals surface area (Å²) in [6, 6.07) is 8.00. The number of rotatable bonds is 7. The zero-order chi connectivity index (χ0) is 32.3. The van der Waals surface area contributed by atoms with Crippen LogP contribution in [0.1, 0.15) is 49.6 Å². The van der Waals surface area contributed by atoms with Gasteiger partial charge in [-0.15, -0.1) is 0 Å². The van der Waals surface area contributed by atoms with Gasteiger partial charge in [0.2, 0.25) is 0 Å². The summed E-state index contributed by atoms with van der Waals surface area (Å²) in [7, 11) is 0. The van der Waals surface area contributed by atoms with E-state index in [0.29, 0.717) is 30.8 Å². The van der Waals surface area contributed by atoms with Crippen LogP contribution in [-0.4, -0.2) is 62.8 Å². The standard InChI is InChI=1S/C33H32F5N7O/c1-2-44-17-11-32(12-18-44)10-4-16-45(21-32)29-22(19-25(35)30-39-14-9-26(43-30)23-8-15-41-42-20-23)6-7-27(28(29)33(36,37)38)46-31-24(34)5-3-13-40-31/h3,5-9,13-15,19-20H,2,4,10-12,16-18,21H2,1H3/b25-19-. The van der Waals surface area contributed by atoms with Crippen molar-refractivity contribution < 1.29 is 26.7 Å². The Hall–Kier alpha value is -4.52. The first-order chi connectivity index (χ1) is 22.2. The molecule has 0 unspecified atom stereocenters. The van der Waals surface area contributed by atoms with Crippen LogP contribution in [0.15, 0.2) is 61.2 Å². The van der Waals surface area contributed by atoms with E-state index >= 15 is 17.6 Å². The summed E-state index contributed by atoms with van der Waals surface area (Å²) in [5.41, 5.74) is -0.629. The second kappa shape index (κ2) is 13.1. The van der Waals surface area contributed by atoms with Crippen LogP contribution in [-0.2, 0) is 6.18 Å². The molecule has 0 N–H and O–H groups in total. The highest BCUT2D eigenvalue weighted by Gasteiger charge is 2.44. The van der Waals surface area contributed by atoms with Crippen molar-refractivity contribution in [3.8, 4) is 22.9 Å². The van der Waals surface area contributed by atoms with Gasteiger partial charge in [0, 0.05) is 36.6 Å². The molecule has 8 nitrogen and oxygen atoms in total. The van der Waals surface area contributed by atoms with Crippen molar-refractivity contribution in [3.05, 3.63) is 84.0 Å². The number of alkyl halides is 3. The third-order valence-electron chi connectivity index (χ3n) is 8.76. The van der Waals surface area contributed by atoms with Gasteiger partial charge in [-0.2, -0.15) is 23.4 Å². The highest BCUT2D eigenvalue weighted by molar-refractivity contribution is 5.83. The van der Waals surface area contributed by atoms with Gasteiger partial charge >= 0.3 is 6.18 Å². The zero-order valence-corrected chi connectivity index (χ0v) is 25.1. The van der Waals surface area contributed by atoms with E-state index in [2.05, 4.69) is 37.0 Å². The Balaban J connectivity index is 1.46. The minimum atomic E-state index is -4.93. The van der Waals surface area contributed by atoms with Crippen LogP contribution in [0, 0.1) is 11.2 Å². The Labute approximate surface area is 263 Å². The van der Waals surface area contributed by atoms with Crippen LogP contribution < -0.4 is 9.64 Å². The molecule has 2 aliphatic heterocycles. The van der Waals surface area contributed by atoms with Gasteiger partial charge < -0.3 is 14.5 Å². The van der Waals surface area contributed by atoms with E-state index in [0.717, 1.165) is 57.1 Å². The summed E-state index contributed by atoms with van der Waals surface area (Å²) >= 11 is 0. The number of piperidine rings is 2. The van der Waals surface area contributed by atoms with Gasteiger partial charge in [0.1, 0.15) is 11.3 Å². The van der Waals surface area contributed by atoms with Crippen LogP contribution in [0.3, 0.4) is 0 Å². The van der Waals surface area contributed by atoms with E-state index in [-0.39, 0.29) is 22.5 Å². The molecule has 0 bridgehead atoms. The number of halogens is 5. The molecular weight excluding hydrogens is 605 g/mol. The molecule has 6 rings (SSSR count). The molecule has 3 aromatic heterocycles. The lowest BCUT2D eigenvalue weighted by Crippen LogP contribution is -2.50. The number of pyridine rings is 1. The van der Waals surface area contributed by atoms with E-state index in [1.54, 1.807) is 17.0 Å². The second-order valence-electron chi connectivity index (χ2n) is 11.6. The maximum absolute atomic E-state index is 15.9. The van der Waals surface area contributed by atoms with Crippen LogP contribution in [0.2, 0.25) is 0 Å². The SMILES string of the molecule is CCN1CCC2(CCCN(c3c(/C=C(\F)c4nccc(-c5ccnnc5)n4)ccc(Oc4ncccc4F)c3C(F)(F)F)C2)CC1. The van der Waals surface area contributed by atoms with Crippen molar-refractivity contribution in [1.29, 1.82) is 0 Å². The molecule has 5 heterocycles. The normalized spacial score (nSPS) is 17.3. The number of hydrogen-bond acceptors (Lipinski definition) is 8. The minimum absolute atomic E-state index is 0.0266. The Morgan fingerprint density at radius 2 is 1.80 bits per heavy atom. The molecule has 0 atom stereocenters. The summed E-state index contributed by atoms with van der Waals surface area (Å²) in [5, 5.41) is 7.55. The maximum atomic E-state index is 15.9. The number of aromatic nitrogens is 5. The number of benzene rings is 1. The number of likely N-dealkylation sites (tertiary alicyclic amines) is 1. The topological polar surface area (TPSA) is 80.2 Å². The molecule has 0 radical (unpaired) electrons. The van der Waals surface area contributed by atoms with Gasteiger partial charge in [-0.1, -0.05) is 6.92 Å². The van der Waals surface area contributed by atoms with Crippen molar-refractivity contribution in [2.24, 2.45) is 5.41 Å². The maximum Gasteiger partial charge on any atom is 0.422 e. The Morgan fingerprint density at radius 1 is 0.978 bits per heavy atom. The number of ether oxygens (including phenoxy) is 1. The number of hydrogen-bond donors (Lipinski definition) is 0. The fourth-order valence-corrected chi connectivity index (χ4v) is 6.38. The molecule has 0 aliphatic carbocycles. The number of anilines is 1. The van der Waals surface area contributed by atoms with Gasteiger partial charge in [0.15, 0.2) is 17.5 Å². The molecule has 13 heteroatoms. The third kappa shape index (κ3) is 6.69. The highest BCUT2D eigenvalue weighted by atomic mass is 19.4. The zero-order valence-electron chi connectivity index (χ0n) is 25.1. The molecule has 0 saturated carbocycles. The lowest BCUT2D eigenvalue weighted by atomic mass is 9.72. The molecular formula is C33H32F5N7O. The fraction of sp³-hybridized carbons (Fsp3) is 0.364. The van der Waals surface area contributed by atoms with Gasteiger partial charge in [-0.25, -0.2) is 23.7 Å². The van der Waals surface area contributed by atoms with Gasteiger partial charge in [0.25, 0.3) is 5.88 Å². The Bertz CT molecular complexity index is 1710. The quantitative estimate of drug-likeness (QED) is 0.194. The van der Waals surface area contributed by atoms with Crippen molar-refractivity contribution in [3.63, 3.8) is 0 Å². The fourth-order valence-electron chi connectivity index (χ4n) is 6.38. The molecule has 2 saturated heterocycles. The van der Waals surface area contributed by atoms with Gasteiger partial charge in [-0.3, -0.25) is 0 Å². The molecule has 0 amide bonds. The summed E-state index contributed by atoms with van der Waals surface area (Å²) in [4.78, 5) is 16.1. The van der Waals surface area contributed by atoms with Gasteiger partial charge in [0.05, 0.1) is 23.8 Å². The first-order valence-electron chi connectivity index (χ1n) is 15.1. The van der Waals surface area contributed by atoms with E-state index in [9.17, 15) is 4.39 Å². The van der Waals surface area contributed by atoms with Crippen molar-refractivity contribution in [1.82, 2.24) is 30.0 Å². The molecule has 240 valence electrons. The van der Waals surface area contributed by atoms with Crippen LogP contribution in [0.5, 0.6) is 11.6 Å². The summed E-state index contributed by atoms with van der Waals surface area (Å²) < 4.78 is 81.2. The summed E-state index contributed by atoms with van der Waals surface area (Å²) in [5.74, 6) is -3.35. The average Bonchev–Trinajstić information content (AvgIpc) is 3.06. The van der Waals surface area contributed by atoms with Crippen LogP contribution in [0.4, 0.5) is 27.6 Å². The molecule has 2 fully saturated rings. The van der Waals surface area contributed by atoms with Crippen molar-refractivity contribution in [2.45, 2.75) is 38.8 Å². The van der Waals surface area contributed by atoms with Gasteiger partial charge in [-0.05, 0) is 93.2 Å². The van der Waals surface area contributed by atoms with E-state index in [1.165, 1.54) is 36.9 Å². The first kappa shape index (κ1) is 31.5. The minimum Gasteiger partial charge on any atom is -0.436 e. The lowest BCUT2D eigenvalue weighted by Gasteiger charge is -2.49. The largest absolute Gasteiger partial charge is 0.436 e. The summed E-state index contributed by atoms with van der Waals surface area (Å²) in [6.07, 6.45) is 4.85. The molecule has 46 heavy (non-hydrogen) atoms. The van der Waals surface area contributed by atoms with Crippen molar-refractivity contribution >= 4 is 17.6 Å². The number of nitrogens with zero attached hydrogens (tertiary/aromatic N) is 7. The summed E-state index contributed by atoms with van der Waals surface area (Å²) in [6.45, 7) is 5.42. The Morgan fingerprint density at radius 3 is 2.52 bits per heavy atom. The third-order valence-corrected chi connectivity index (χ3v) is 8.76. The smallest absolute Gasteiger partial charge is 0.422 e. The Kier molecular flexibility index (Phi) is 8.94. The van der Waals surface area contributed by atoms with E-state index in [4.69, 9.17) is 4.74 Å². The average molecular weight is 638 g/mol. The molecule has 1 spiro atoms. The second-order valence-corrected chi connectivity index (χ2v) is 11.6. The van der Waals surface area contributed by atoms with Crippen LogP contribution in [0.25, 0.3) is 23.2 Å². The lowest BCUT2D eigenvalue weighted by molar-refractivity contribution is -0.138. The predicted octanol–water partition coefficient (Wildman–Crippen LogP) is 7.45. The highest BCUT2D eigenvalue weighted by Crippen LogP contribution is 2.49. The molecule has 1 aromatic carbocycles. The molecule has 4 aromatic rings. The van der Waals surface area contributed by atoms with Crippen molar-refractivity contribution in [2.75, 3.05) is 37.6 Å². The van der Waals surface area contributed by atoms with E-state index < -0.39 is 35.0 Å². The van der Waals surface area contributed by atoms with E-state index in [1.807, 2.05) is 0 Å².